The summed E-state index contributed by atoms with van der Waals surface area (Å²) in [5.41, 5.74) is 3.87. The molecule has 0 aliphatic rings. The highest BCUT2D eigenvalue weighted by molar-refractivity contribution is 7.09. The number of hydrogen-bond donors (Lipinski definition) is 2. The standard InChI is InChI=1S/C22H23N3O3S/c1-14-4-8-18(9-5-14)28-12-21-24-17(13-29-21)11-20(26)25-19-10-16(22(27)23-3)7-6-15(19)2/h4-10,13H,11-12H2,1-3H3,(H,23,27)(H,25,26). The monoisotopic (exact) mass is 409 g/mol. The number of hydrogen-bond acceptors (Lipinski definition) is 5. The van der Waals surface area contributed by atoms with Crippen LogP contribution in [0.1, 0.15) is 32.2 Å². The SMILES string of the molecule is CNC(=O)c1ccc(C)c(NC(=O)Cc2csc(COc3ccc(C)cc3)n2)c1. The van der Waals surface area contributed by atoms with Crippen molar-refractivity contribution in [1.29, 1.82) is 0 Å². The maximum Gasteiger partial charge on any atom is 0.251 e. The first-order valence-corrected chi connectivity index (χ1v) is 10.1. The lowest BCUT2D eigenvalue weighted by Crippen LogP contribution is -2.19. The van der Waals surface area contributed by atoms with Crippen LogP contribution >= 0.6 is 11.3 Å². The average Bonchev–Trinajstić information content (AvgIpc) is 3.15. The third kappa shape index (κ3) is 5.65. The number of carbonyl (C=O) groups is 2. The van der Waals surface area contributed by atoms with Gasteiger partial charge in [0.25, 0.3) is 5.91 Å². The van der Waals surface area contributed by atoms with Crippen LogP contribution in [0.2, 0.25) is 0 Å². The zero-order chi connectivity index (χ0) is 20.8. The van der Waals surface area contributed by atoms with E-state index in [-0.39, 0.29) is 18.2 Å². The molecule has 0 bridgehead atoms. The predicted octanol–water partition coefficient (Wildman–Crippen LogP) is 3.88. The van der Waals surface area contributed by atoms with Crippen molar-refractivity contribution < 1.29 is 14.3 Å². The number of benzene rings is 2. The molecule has 0 radical (unpaired) electrons. The second kappa shape index (κ2) is 9.34. The number of carbonyl (C=O) groups excluding carboxylic acids is 2. The molecule has 0 fully saturated rings. The minimum absolute atomic E-state index is 0.157. The maximum atomic E-state index is 12.4. The number of nitrogens with one attached hydrogen (secondary N) is 2. The summed E-state index contributed by atoms with van der Waals surface area (Å²) in [7, 11) is 1.57. The van der Waals surface area contributed by atoms with E-state index in [4.69, 9.17) is 4.74 Å². The fraction of sp³-hybridized carbons (Fsp3) is 0.227. The minimum atomic E-state index is -0.196. The van der Waals surface area contributed by atoms with Gasteiger partial charge >= 0.3 is 0 Å². The molecule has 0 unspecified atom stereocenters. The Morgan fingerprint density at radius 3 is 2.59 bits per heavy atom. The Morgan fingerprint density at radius 2 is 1.86 bits per heavy atom. The highest BCUT2D eigenvalue weighted by Gasteiger charge is 2.12. The lowest BCUT2D eigenvalue weighted by molar-refractivity contribution is -0.115. The molecule has 0 aliphatic carbocycles. The molecule has 150 valence electrons. The topological polar surface area (TPSA) is 80.3 Å². The third-order valence-electron chi connectivity index (χ3n) is 4.33. The van der Waals surface area contributed by atoms with Crippen molar-refractivity contribution >= 4 is 28.8 Å². The van der Waals surface area contributed by atoms with Crippen molar-refractivity contribution in [2.24, 2.45) is 0 Å². The first-order chi connectivity index (χ1) is 13.9. The molecule has 29 heavy (non-hydrogen) atoms. The van der Waals surface area contributed by atoms with Gasteiger partial charge in [-0.25, -0.2) is 4.98 Å². The summed E-state index contributed by atoms with van der Waals surface area (Å²) in [6.07, 6.45) is 0.157. The van der Waals surface area contributed by atoms with E-state index in [1.54, 1.807) is 19.2 Å². The van der Waals surface area contributed by atoms with Gasteiger partial charge in [-0.05, 0) is 43.7 Å². The van der Waals surface area contributed by atoms with E-state index in [1.807, 2.05) is 49.6 Å². The molecule has 1 heterocycles. The van der Waals surface area contributed by atoms with Gasteiger partial charge in [0, 0.05) is 23.7 Å². The molecule has 2 amide bonds. The smallest absolute Gasteiger partial charge is 0.251 e. The number of aromatic nitrogens is 1. The largest absolute Gasteiger partial charge is 0.486 e. The first-order valence-electron chi connectivity index (χ1n) is 9.20. The molecule has 0 aliphatic heterocycles. The average molecular weight is 410 g/mol. The summed E-state index contributed by atoms with van der Waals surface area (Å²) in [6.45, 7) is 4.27. The number of ether oxygens (including phenoxy) is 1. The first kappa shape index (κ1) is 20.5. The Morgan fingerprint density at radius 1 is 1.10 bits per heavy atom. The van der Waals surface area contributed by atoms with E-state index in [2.05, 4.69) is 15.6 Å². The van der Waals surface area contributed by atoms with E-state index in [0.29, 0.717) is 23.6 Å². The van der Waals surface area contributed by atoms with Gasteiger partial charge in [0.2, 0.25) is 5.91 Å². The van der Waals surface area contributed by atoms with Crippen LogP contribution in [-0.2, 0) is 17.8 Å². The zero-order valence-electron chi connectivity index (χ0n) is 16.6. The van der Waals surface area contributed by atoms with Crippen LogP contribution in [-0.4, -0.2) is 23.8 Å². The lowest BCUT2D eigenvalue weighted by atomic mass is 10.1. The Labute approximate surface area is 173 Å². The number of thiazole rings is 1. The molecule has 0 spiro atoms. The molecule has 3 rings (SSSR count). The molecule has 7 heteroatoms. The van der Waals surface area contributed by atoms with Crippen molar-refractivity contribution in [3.05, 3.63) is 75.2 Å². The summed E-state index contributed by atoms with van der Waals surface area (Å²) in [5.74, 6) is 0.410. The van der Waals surface area contributed by atoms with E-state index in [1.165, 1.54) is 16.9 Å². The molecule has 0 atom stereocenters. The van der Waals surface area contributed by atoms with Gasteiger partial charge in [-0.2, -0.15) is 0 Å². The van der Waals surface area contributed by atoms with E-state index in [0.717, 1.165) is 16.3 Å². The highest BCUT2D eigenvalue weighted by atomic mass is 32.1. The fourth-order valence-corrected chi connectivity index (χ4v) is 3.38. The summed E-state index contributed by atoms with van der Waals surface area (Å²) in [4.78, 5) is 28.7. The van der Waals surface area contributed by atoms with E-state index in [9.17, 15) is 9.59 Å². The van der Waals surface area contributed by atoms with Crippen molar-refractivity contribution in [3.63, 3.8) is 0 Å². The molecule has 0 saturated heterocycles. The summed E-state index contributed by atoms with van der Waals surface area (Å²) in [6, 6.07) is 13.0. The van der Waals surface area contributed by atoms with Gasteiger partial charge in [-0.3, -0.25) is 9.59 Å². The van der Waals surface area contributed by atoms with Crippen LogP contribution in [0.15, 0.2) is 47.8 Å². The van der Waals surface area contributed by atoms with E-state index >= 15 is 0 Å². The lowest BCUT2D eigenvalue weighted by Gasteiger charge is -2.10. The Kier molecular flexibility index (Phi) is 6.61. The van der Waals surface area contributed by atoms with Crippen LogP contribution in [0.3, 0.4) is 0 Å². The van der Waals surface area contributed by atoms with Gasteiger partial charge in [-0.1, -0.05) is 23.8 Å². The fourth-order valence-electron chi connectivity index (χ4n) is 2.68. The zero-order valence-corrected chi connectivity index (χ0v) is 17.4. The van der Waals surface area contributed by atoms with Crippen molar-refractivity contribution in [3.8, 4) is 5.75 Å². The normalized spacial score (nSPS) is 10.4. The number of amides is 2. The second-order valence-corrected chi connectivity index (χ2v) is 7.61. The highest BCUT2D eigenvalue weighted by Crippen LogP contribution is 2.19. The van der Waals surface area contributed by atoms with Crippen molar-refractivity contribution in [1.82, 2.24) is 10.3 Å². The van der Waals surface area contributed by atoms with Crippen molar-refractivity contribution in [2.45, 2.75) is 26.9 Å². The molecule has 0 saturated carbocycles. The molecule has 2 N–H and O–H groups in total. The van der Waals surface area contributed by atoms with Crippen LogP contribution in [0.5, 0.6) is 5.75 Å². The number of rotatable bonds is 7. The van der Waals surface area contributed by atoms with E-state index < -0.39 is 0 Å². The Hall–Kier alpha value is -3.19. The van der Waals surface area contributed by atoms with Crippen LogP contribution in [0, 0.1) is 13.8 Å². The quantitative estimate of drug-likeness (QED) is 0.621. The maximum absolute atomic E-state index is 12.4. The van der Waals surface area contributed by atoms with Gasteiger partial charge in [-0.15, -0.1) is 11.3 Å². The minimum Gasteiger partial charge on any atom is -0.486 e. The third-order valence-corrected chi connectivity index (χ3v) is 5.20. The second-order valence-electron chi connectivity index (χ2n) is 6.67. The number of anilines is 1. The molecular weight excluding hydrogens is 386 g/mol. The van der Waals surface area contributed by atoms with Gasteiger partial charge in [0.05, 0.1) is 12.1 Å². The summed E-state index contributed by atoms with van der Waals surface area (Å²) >= 11 is 1.46. The predicted molar refractivity (Wildman–Crippen MR) is 115 cm³/mol. The molecule has 2 aromatic carbocycles. The Balaban J connectivity index is 1.57. The van der Waals surface area contributed by atoms with Gasteiger partial charge in [0.1, 0.15) is 17.4 Å². The van der Waals surface area contributed by atoms with Crippen LogP contribution in [0.25, 0.3) is 0 Å². The number of aryl methyl sites for hydroxylation is 2. The number of nitrogens with zero attached hydrogens (tertiary/aromatic N) is 1. The summed E-state index contributed by atoms with van der Waals surface area (Å²) < 4.78 is 5.73. The molecule has 3 aromatic rings. The van der Waals surface area contributed by atoms with Gasteiger partial charge in [0.15, 0.2) is 0 Å². The molecule has 6 nitrogen and oxygen atoms in total. The van der Waals surface area contributed by atoms with Crippen molar-refractivity contribution in [2.75, 3.05) is 12.4 Å². The van der Waals surface area contributed by atoms with Crippen LogP contribution < -0.4 is 15.4 Å². The van der Waals surface area contributed by atoms with Gasteiger partial charge < -0.3 is 15.4 Å². The molecular formula is C22H23N3O3S. The van der Waals surface area contributed by atoms with Crippen LogP contribution in [0.4, 0.5) is 5.69 Å². The molecule has 1 aromatic heterocycles. The summed E-state index contributed by atoms with van der Waals surface area (Å²) in [5, 5.41) is 8.12. The Bertz CT molecular complexity index is 1010.